The van der Waals surface area contributed by atoms with Crippen molar-refractivity contribution in [2.45, 2.75) is 37.0 Å². The Morgan fingerprint density at radius 2 is 1.85 bits per heavy atom. The van der Waals surface area contributed by atoms with Crippen LogP contribution in [0.4, 0.5) is 4.39 Å². The van der Waals surface area contributed by atoms with Crippen molar-refractivity contribution < 1.29 is 23.5 Å². The van der Waals surface area contributed by atoms with Gasteiger partial charge in [-0.15, -0.1) is 0 Å². The van der Waals surface area contributed by atoms with Gasteiger partial charge in [0.05, 0.1) is 18.6 Å². The Labute approximate surface area is 193 Å². The summed E-state index contributed by atoms with van der Waals surface area (Å²) >= 11 is 0. The van der Waals surface area contributed by atoms with E-state index in [1.54, 1.807) is 11.0 Å². The van der Waals surface area contributed by atoms with Gasteiger partial charge in [-0.25, -0.2) is 4.39 Å². The van der Waals surface area contributed by atoms with Gasteiger partial charge in [-0.3, -0.25) is 19.3 Å². The minimum atomic E-state index is -1.53. The average Bonchev–Trinajstić information content (AvgIpc) is 3.07. The monoisotopic (exact) mass is 452 g/mol. The molecule has 0 radical (unpaired) electrons. The molecule has 7 heteroatoms. The lowest BCUT2D eigenvalue weighted by Gasteiger charge is -2.36. The minimum Gasteiger partial charge on any atom is -0.383 e. The topological polar surface area (TPSA) is 66.9 Å². The second-order valence-corrected chi connectivity index (χ2v) is 8.85. The summed E-state index contributed by atoms with van der Waals surface area (Å²) in [6.07, 6.45) is 1.38. The maximum Gasteiger partial charge on any atom is 0.241 e. The Balaban J connectivity index is 1.61. The van der Waals surface area contributed by atoms with E-state index >= 15 is 0 Å². The third kappa shape index (κ3) is 4.55. The zero-order valence-electron chi connectivity index (χ0n) is 18.8. The van der Waals surface area contributed by atoms with Crippen molar-refractivity contribution >= 4 is 17.7 Å². The highest BCUT2D eigenvalue weighted by atomic mass is 19.1. The summed E-state index contributed by atoms with van der Waals surface area (Å²) in [4.78, 5) is 42.7. The number of amides is 3. The number of imide groups is 1. The number of rotatable bonds is 7. The highest BCUT2D eigenvalue weighted by Gasteiger charge is 2.55. The normalized spacial score (nSPS) is 23.3. The fourth-order valence-corrected chi connectivity index (χ4v) is 5.07. The lowest BCUT2D eigenvalue weighted by Crippen LogP contribution is -2.46. The van der Waals surface area contributed by atoms with E-state index in [-0.39, 0.29) is 43.4 Å². The lowest BCUT2D eigenvalue weighted by atomic mass is 9.75. The van der Waals surface area contributed by atoms with E-state index in [0.29, 0.717) is 13.1 Å². The quantitative estimate of drug-likeness (QED) is 0.605. The van der Waals surface area contributed by atoms with Crippen LogP contribution in [0.3, 0.4) is 0 Å². The number of likely N-dealkylation sites (tertiary alicyclic amines) is 2. The molecule has 3 amide bonds. The van der Waals surface area contributed by atoms with Crippen LogP contribution in [-0.4, -0.2) is 60.9 Å². The molecule has 6 nitrogen and oxygen atoms in total. The molecule has 2 fully saturated rings. The van der Waals surface area contributed by atoms with E-state index in [1.807, 2.05) is 18.2 Å². The van der Waals surface area contributed by atoms with Crippen molar-refractivity contribution in [2.24, 2.45) is 0 Å². The predicted octanol–water partition coefficient (Wildman–Crippen LogP) is 3.27. The van der Waals surface area contributed by atoms with Crippen LogP contribution in [0.5, 0.6) is 0 Å². The largest absolute Gasteiger partial charge is 0.383 e. The summed E-state index contributed by atoms with van der Waals surface area (Å²) in [5.74, 6) is -1.53. The molecule has 0 N–H and O–H groups in total. The number of halogens is 1. The molecule has 0 saturated carbocycles. The number of hydrogen-bond acceptors (Lipinski definition) is 4. The summed E-state index contributed by atoms with van der Waals surface area (Å²) < 4.78 is 19.9. The zero-order valence-corrected chi connectivity index (χ0v) is 18.8. The van der Waals surface area contributed by atoms with Crippen molar-refractivity contribution in [3.05, 3.63) is 71.5 Å². The smallest absolute Gasteiger partial charge is 0.241 e. The van der Waals surface area contributed by atoms with Gasteiger partial charge in [0.1, 0.15) is 5.82 Å². The highest BCUT2D eigenvalue weighted by molar-refractivity contribution is 6.10. The van der Waals surface area contributed by atoms with E-state index in [9.17, 15) is 18.8 Å². The summed E-state index contributed by atoms with van der Waals surface area (Å²) in [5, 5.41) is 0. The number of methoxy groups -OCH3 is 1. The van der Waals surface area contributed by atoms with Gasteiger partial charge < -0.3 is 9.64 Å². The van der Waals surface area contributed by atoms with E-state index in [1.165, 1.54) is 30.9 Å². The minimum absolute atomic E-state index is 0.0817. The molecule has 2 aliphatic rings. The molecule has 2 aromatic rings. The van der Waals surface area contributed by atoms with E-state index < -0.39 is 23.0 Å². The standard InChI is InChI=1S/C26H29FN2O4/c1-33-15-14-29-24(31)17-26(25(29)32,21-11-5-6-12-22(21)27)16-23(30)28-13-7-10-20(18-28)19-8-3-2-4-9-19/h2-6,8-9,11-12,20H,7,10,13-18H2,1H3/t20-,26+/m1/s1. The second kappa shape index (κ2) is 9.83. The van der Waals surface area contributed by atoms with E-state index in [2.05, 4.69) is 12.1 Å². The van der Waals surface area contributed by atoms with Crippen LogP contribution in [0, 0.1) is 5.82 Å². The van der Waals surface area contributed by atoms with Gasteiger partial charge >= 0.3 is 0 Å². The molecule has 0 spiro atoms. The van der Waals surface area contributed by atoms with Gasteiger partial charge in [-0.05, 0) is 24.5 Å². The predicted molar refractivity (Wildman–Crippen MR) is 121 cm³/mol. The Morgan fingerprint density at radius 1 is 1.12 bits per heavy atom. The van der Waals surface area contributed by atoms with Gasteiger partial charge in [0, 0.05) is 44.5 Å². The van der Waals surface area contributed by atoms with Crippen LogP contribution in [0.2, 0.25) is 0 Å². The maximum absolute atomic E-state index is 14.9. The van der Waals surface area contributed by atoms with Crippen molar-refractivity contribution in [1.82, 2.24) is 9.80 Å². The molecule has 2 heterocycles. The fraction of sp³-hybridized carbons (Fsp3) is 0.423. The summed E-state index contributed by atoms with van der Waals surface area (Å²) in [5.41, 5.74) is -0.252. The second-order valence-electron chi connectivity index (χ2n) is 8.85. The average molecular weight is 453 g/mol. The van der Waals surface area contributed by atoms with Crippen LogP contribution < -0.4 is 0 Å². The van der Waals surface area contributed by atoms with Gasteiger partial charge in [0.15, 0.2) is 0 Å². The van der Waals surface area contributed by atoms with Crippen molar-refractivity contribution in [1.29, 1.82) is 0 Å². The van der Waals surface area contributed by atoms with Gasteiger partial charge in [0.25, 0.3) is 0 Å². The lowest BCUT2D eigenvalue weighted by molar-refractivity contribution is -0.143. The number of carbonyl (C=O) groups is 3. The molecule has 0 aliphatic carbocycles. The van der Waals surface area contributed by atoms with Crippen LogP contribution in [0.1, 0.15) is 42.7 Å². The third-order valence-electron chi connectivity index (χ3n) is 6.82. The number of hydrogen-bond donors (Lipinski definition) is 0. The molecule has 0 unspecified atom stereocenters. The molecule has 0 bridgehead atoms. The summed E-state index contributed by atoms with van der Waals surface area (Å²) in [6, 6.07) is 16.0. The highest BCUT2D eigenvalue weighted by Crippen LogP contribution is 2.42. The van der Waals surface area contributed by atoms with E-state index in [4.69, 9.17) is 4.74 Å². The summed E-state index contributed by atoms with van der Waals surface area (Å²) in [6.45, 7) is 1.40. The first kappa shape index (κ1) is 23.1. The van der Waals surface area contributed by atoms with E-state index in [0.717, 1.165) is 17.7 Å². The number of piperidine rings is 1. The SMILES string of the molecule is COCCN1C(=O)C[C@@](CC(=O)N2CCC[C@@H](c3ccccc3)C2)(c2ccccc2F)C1=O. The van der Waals surface area contributed by atoms with Gasteiger partial charge in [-0.2, -0.15) is 0 Å². The van der Waals surface area contributed by atoms with Crippen molar-refractivity contribution in [3.8, 4) is 0 Å². The first-order chi connectivity index (χ1) is 16.0. The molecule has 2 aromatic carbocycles. The van der Waals surface area contributed by atoms with Crippen LogP contribution in [-0.2, 0) is 24.5 Å². The number of ether oxygens (including phenoxy) is 1. The van der Waals surface area contributed by atoms with Crippen molar-refractivity contribution in [2.75, 3.05) is 33.4 Å². The molecule has 2 aliphatic heterocycles. The summed E-state index contributed by atoms with van der Waals surface area (Å²) in [7, 11) is 1.48. The Hall–Kier alpha value is -3.06. The zero-order chi connectivity index (χ0) is 23.4. The number of nitrogens with zero attached hydrogens (tertiary/aromatic N) is 2. The Bertz CT molecular complexity index is 1030. The first-order valence-corrected chi connectivity index (χ1v) is 11.4. The van der Waals surface area contributed by atoms with Crippen LogP contribution in [0.15, 0.2) is 54.6 Å². The molecular formula is C26H29FN2O4. The molecule has 2 saturated heterocycles. The fourth-order valence-electron chi connectivity index (χ4n) is 5.07. The molecule has 0 aromatic heterocycles. The molecule has 33 heavy (non-hydrogen) atoms. The van der Waals surface area contributed by atoms with Crippen LogP contribution in [0.25, 0.3) is 0 Å². The Morgan fingerprint density at radius 3 is 2.58 bits per heavy atom. The van der Waals surface area contributed by atoms with Crippen LogP contribution >= 0.6 is 0 Å². The molecule has 174 valence electrons. The Kier molecular flexibility index (Phi) is 6.88. The molecule has 2 atom stereocenters. The van der Waals surface area contributed by atoms with Crippen molar-refractivity contribution in [3.63, 3.8) is 0 Å². The number of carbonyl (C=O) groups excluding carboxylic acids is 3. The third-order valence-corrected chi connectivity index (χ3v) is 6.82. The maximum atomic E-state index is 14.9. The number of benzene rings is 2. The molecule has 4 rings (SSSR count). The van der Waals surface area contributed by atoms with Gasteiger partial charge in [-0.1, -0.05) is 48.5 Å². The molecular weight excluding hydrogens is 423 g/mol. The first-order valence-electron chi connectivity index (χ1n) is 11.4. The van der Waals surface area contributed by atoms with Gasteiger partial charge in [0.2, 0.25) is 17.7 Å².